The van der Waals surface area contributed by atoms with Gasteiger partial charge in [-0.1, -0.05) is 44.2 Å². The van der Waals surface area contributed by atoms with Gasteiger partial charge in [-0.3, -0.25) is 4.79 Å². The molecule has 0 radical (unpaired) electrons. The van der Waals surface area contributed by atoms with Gasteiger partial charge in [-0.2, -0.15) is 5.26 Å². The molecule has 1 N–H and O–H groups in total. The van der Waals surface area contributed by atoms with Crippen LogP contribution in [0.4, 0.5) is 10.5 Å². The molecule has 34 heavy (non-hydrogen) atoms. The van der Waals surface area contributed by atoms with Crippen molar-refractivity contribution in [1.29, 1.82) is 5.26 Å². The number of nitrogens with zero attached hydrogens (tertiary/aromatic N) is 3. The molecule has 1 heterocycles. The van der Waals surface area contributed by atoms with Gasteiger partial charge in [0.15, 0.2) is 0 Å². The van der Waals surface area contributed by atoms with Crippen LogP contribution in [0, 0.1) is 17.2 Å². The average molecular weight is 459 g/mol. The van der Waals surface area contributed by atoms with Crippen molar-refractivity contribution in [3.8, 4) is 6.07 Å². The van der Waals surface area contributed by atoms with Crippen molar-refractivity contribution >= 4 is 17.6 Å². The minimum absolute atomic E-state index is 0.0458. The number of carbonyl (C=O) groups excluding carboxylic acids is 2. The molecule has 0 unspecified atom stereocenters. The van der Waals surface area contributed by atoms with E-state index in [2.05, 4.69) is 11.4 Å². The van der Waals surface area contributed by atoms with Gasteiger partial charge in [-0.05, 0) is 54.3 Å². The third-order valence-corrected chi connectivity index (χ3v) is 5.26. The summed E-state index contributed by atoms with van der Waals surface area (Å²) in [4.78, 5) is 29.6. The topological polar surface area (TPSA) is 89.6 Å². The molecule has 1 aromatic heterocycles. The summed E-state index contributed by atoms with van der Waals surface area (Å²) in [5.41, 5.74) is 2.22. The Kier molecular flexibility index (Phi) is 8.87. The quantitative estimate of drug-likeness (QED) is 0.467. The van der Waals surface area contributed by atoms with Crippen LogP contribution in [0.15, 0.2) is 77.4 Å². The fourth-order valence-electron chi connectivity index (χ4n) is 3.55. The van der Waals surface area contributed by atoms with Gasteiger partial charge in [0.25, 0.3) is 0 Å². The van der Waals surface area contributed by atoms with Crippen molar-refractivity contribution in [1.82, 2.24) is 9.80 Å². The maximum absolute atomic E-state index is 13.3. The standard InChI is InChI=1S/C27H30N4O3/c1-21(2)18-31(27(33)29-24-12-10-23(17-28)11-13-24)20-26(32)30(19-25-9-6-16-34-25)15-14-22-7-4-3-5-8-22/h3-13,16,21H,14-15,18-20H2,1-2H3,(H,29,33). The van der Waals surface area contributed by atoms with Gasteiger partial charge < -0.3 is 19.5 Å². The Morgan fingerprint density at radius 2 is 1.74 bits per heavy atom. The summed E-state index contributed by atoms with van der Waals surface area (Å²) in [7, 11) is 0. The van der Waals surface area contributed by atoms with Crippen LogP contribution < -0.4 is 5.32 Å². The molecule has 2 aromatic carbocycles. The third-order valence-electron chi connectivity index (χ3n) is 5.26. The molecule has 0 aliphatic carbocycles. The van der Waals surface area contributed by atoms with Gasteiger partial charge in [-0.15, -0.1) is 0 Å². The molecule has 0 aliphatic heterocycles. The number of benzene rings is 2. The summed E-state index contributed by atoms with van der Waals surface area (Å²) in [5.74, 6) is 0.726. The molecule has 0 bridgehead atoms. The first-order chi connectivity index (χ1) is 16.4. The first-order valence-electron chi connectivity index (χ1n) is 11.3. The number of hydrogen-bond donors (Lipinski definition) is 1. The van der Waals surface area contributed by atoms with Gasteiger partial charge in [0.2, 0.25) is 5.91 Å². The minimum Gasteiger partial charge on any atom is -0.467 e. The second-order valence-electron chi connectivity index (χ2n) is 8.52. The fourth-order valence-corrected chi connectivity index (χ4v) is 3.55. The van der Waals surface area contributed by atoms with Crippen LogP contribution in [0.3, 0.4) is 0 Å². The molecule has 0 spiro atoms. The summed E-state index contributed by atoms with van der Waals surface area (Å²) >= 11 is 0. The Balaban J connectivity index is 1.70. The number of furan rings is 1. The maximum atomic E-state index is 13.3. The summed E-state index contributed by atoms with van der Waals surface area (Å²) < 4.78 is 5.47. The van der Waals surface area contributed by atoms with Crippen molar-refractivity contribution in [3.05, 3.63) is 89.9 Å². The van der Waals surface area contributed by atoms with Gasteiger partial charge in [0.05, 0.1) is 24.4 Å². The van der Waals surface area contributed by atoms with E-state index in [9.17, 15) is 9.59 Å². The van der Waals surface area contributed by atoms with Crippen molar-refractivity contribution in [2.45, 2.75) is 26.8 Å². The van der Waals surface area contributed by atoms with Crippen LogP contribution in [-0.2, 0) is 17.8 Å². The summed E-state index contributed by atoms with van der Waals surface area (Å²) in [6, 6.07) is 22.0. The highest BCUT2D eigenvalue weighted by Gasteiger charge is 2.23. The van der Waals surface area contributed by atoms with E-state index in [0.29, 0.717) is 43.1 Å². The minimum atomic E-state index is -0.354. The molecule has 0 saturated carbocycles. The largest absolute Gasteiger partial charge is 0.467 e. The number of nitrogens with one attached hydrogen (secondary N) is 1. The van der Waals surface area contributed by atoms with E-state index in [0.717, 1.165) is 5.56 Å². The number of urea groups is 1. The Labute approximate surface area is 200 Å². The predicted molar refractivity (Wildman–Crippen MR) is 131 cm³/mol. The molecular weight excluding hydrogens is 428 g/mol. The van der Waals surface area contributed by atoms with E-state index < -0.39 is 0 Å². The van der Waals surface area contributed by atoms with Gasteiger partial charge in [0, 0.05) is 18.8 Å². The summed E-state index contributed by atoms with van der Waals surface area (Å²) in [6.45, 7) is 5.24. The molecule has 7 nitrogen and oxygen atoms in total. The summed E-state index contributed by atoms with van der Waals surface area (Å²) in [6.07, 6.45) is 2.29. The Hall–Kier alpha value is -4.05. The van der Waals surface area contributed by atoms with Gasteiger partial charge in [-0.25, -0.2) is 4.79 Å². The highest BCUT2D eigenvalue weighted by Crippen LogP contribution is 2.13. The Morgan fingerprint density at radius 1 is 1.00 bits per heavy atom. The number of rotatable bonds is 10. The van der Waals surface area contributed by atoms with E-state index in [1.165, 1.54) is 4.90 Å². The normalized spacial score (nSPS) is 10.5. The number of carbonyl (C=O) groups is 2. The van der Waals surface area contributed by atoms with Crippen molar-refractivity contribution in [2.24, 2.45) is 5.92 Å². The Bertz CT molecular complexity index is 1090. The van der Waals surface area contributed by atoms with Crippen LogP contribution in [0.1, 0.15) is 30.7 Å². The van der Waals surface area contributed by atoms with E-state index in [1.807, 2.05) is 50.2 Å². The lowest BCUT2D eigenvalue weighted by atomic mass is 10.1. The number of hydrogen-bond acceptors (Lipinski definition) is 4. The van der Waals surface area contributed by atoms with Crippen molar-refractivity contribution in [3.63, 3.8) is 0 Å². The second kappa shape index (κ2) is 12.3. The molecule has 3 amide bonds. The molecule has 3 rings (SSSR count). The van der Waals surface area contributed by atoms with Crippen LogP contribution >= 0.6 is 0 Å². The number of nitriles is 1. The monoisotopic (exact) mass is 458 g/mol. The predicted octanol–water partition coefficient (Wildman–Crippen LogP) is 4.91. The van der Waals surface area contributed by atoms with Crippen LogP contribution in [0.25, 0.3) is 0 Å². The number of amides is 3. The first kappa shape index (κ1) is 24.6. The molecule has 7 heteroatoms. The lowest BCUT2D eigenvalue weighted by molar-refractivity contribution is -0.132. The zero-order valence-corrected chi connectivity index (χ0v) is 19.6. The lowest BCUT2D eigenvalue weighted by Gasteiger charge is -2.28. The van der Waals surface area contributed by atoms with Crippen molar-refractivity contribution in [2.75, 3.05) is 25.0 Å². The van der Waals surface area contributed by atoms with Gasteiger partial charge in [0.1, 0.15) is 12.3 Å². The molecule has 176 valence electrons. The van der Waals surface area contributed by atoms with E-state index in [4.69, 9.17) is 9.68 Å². The average Bonchev–Trinajstić information content (AvgIpc) is 3.35. The molecule has 0 atom stereocenters. The smallest absolute Gasteiger partial charge is 0.322 e. The van der Waals surface area contributed by atoms with Crippen LogP contribution in [0.2, 0.25) is 0 Å². The molecule has 0 saturated heterocycles. The van der Waals surface area contributed by atoms with E-state index in [1.54, 1.807) is 41.5 Å². The SMILES string of the molecule is CC(C)CN(CC(=O)N(CCc1ccccc1)Cc1ccco1)C(=O)Nc1ccc(C#N)cc1. The second-order valence-corrected chi connectivity index (χ2v) is 8.52. The third kappa shape index (κ3) is 7.52. The highest BCUT2D eigenvalue weighted by atomic mass is 16.3. The van der Waals surface area contributed by atoms with E-state index in [-0.39, 0.29) is 24.4 Å². The van der Waals surface area contributed by atoms with E-state index >= 15 is 0 Å². The zero-order valence-electron chi connectivity index (χ0n) is 19.6. The van der Waals surface area contributed by atoms with Crippen LogP contribution in [0.5, 0.6) is 0 Å². The molecule has 3 aromatic rings. The van der Waals surface area contributed by atoms with Gasteiger partial charge >= 0.3 is 6.03 Å². The van der Waals surface area contributed by atoms with Crippen LogP contribution in [-0.4, -0.2) is 41.4 Å². The molecule has 0 fully saturated rings. The number of anilines is 1. The summed E-state index contributed by atoms with van der Waals surface area (Å²) in [5, 5.41) is 11.8. The van der Waals surface area contributed by atoms with Crippen molar-refractivity contribution < 1.29 is 14.0 Å². The lowest BCUT2D eigenvalue weighted by Crippen LogP contribution is -2.46. The fraction of sp³-hybridized carbons (Fsp3) is 0.296. The maximum Gasteiger partial charge on any atom is 0.322 e. The Morgan fingerprint density at radius 3 is 2.35 bits per heavy atom. The zero-order chi connectivity index (χ0) is 24.3. The first-order valence-corrected chi connectivity index (χ1v) is 11.3. The highest BCUT2D eigenvalue weighted by molar-refractivity contribution is 5.92. The molecule has 0 aliphatic rings. The molecular formula is C27H30N4O3.